The summed E-state index contributed by atoms with van der Waals surface area (Å²) < 4.78 is 11.2. The first kappa shape index (κ1) is 20.9. The van der Waals surface area contributed by atoms with Gasteiger partial charge in [0.2, 0.25) is 11.8 Å². The Balaban J connectivity index is 1.21. The van der Waals surface area contributed by atoms with Gasteiger partial charge in [-0.15, -0.1) is 0 Å². The largest absolute Gasteiger partial charge is 0.486 e. The van der Waals surface area contributed by atoms with Gasteiger partial charge in [-0.1, -0.05) is 6.92 Å². The number of fused-ring (bicyclic) bond motifs is 1. The lowest BCUT2D eigenvalue weighted by molar-refractivity contribution is -0.126. The minimum atomic E-state index is -0.307. The molecule has 3 heterocycles. The quantitative estimate of drug-likeness (QED) is 0.668. The molecule has 1 atom stereocenters. The number of anilines is 1. The molecule has 8 heteroatoms. The highest BCUT2D eigenvalue weighted by Gasteiger charge is 2.35. The number of amides is 2. The maximum Gasteiger partial charge on any atom is 0.227 e. The fraction of sp³-hybridized carbons (Fsp3) is 0.636. The van der Waals surface area contributed by atoms with Gasteiger partial charge in [0.1, 0.15) is 13.2 Å². The van der Waals surface area contributed by atoms with Crippen molar-refractivity contribution < 1.29 is 19.1 Å². The number of nitrogens with one attached hydrogen (secondary N) is 1. The molecule has 1 aromatic carbocycles. The Morgan fingerprint density at radius 2 is 1.83 bits per heavy atom. The number of carbonyl (C=O) groups is 2. The van der Waals surface area contributed by atoms with Gasteiger partial charge in [-0.2, -0.15) is 0 Å². The predicted octanol–water partition coefficient (Wildman–Crippen LogP) is 0.955. The number of benzene rings is 1. The van der Waals surface area contributed by atoms with E-state index in [1.807, 2.05) is 18.2 Å². The molecule has 1 unspecified atom stereocenters. The number of nitrogens with zero attached hydrogens (tertiary/aromatic N) is 3. The van der Waals surface area contributed by atoms with E-state index in [2.05, 4.69) is 22.0 Å². The predicted molar refractivity (Wildman–Crippen MR) is 114 cm³/mol. The molecule has 0 saturated carbocycles. The van der Waals surface area contributed by atoms with Crippen molar-refractivity contribution >= 4 is 17.5 Å². The van der Waals surface area contributed by atoms with Gasteiger partial charge in [0.25, 0.3) is 0 Å². The molecule has 0 aromatic heterocycles. The molecule has 164 valence electrons. The van der Waals surface area contributed by atoms with Crippen LogP contribution in [0.15, 0.2) is 18.2 Å². The van der Waals surface area contributed by atoms with Crippen molar-refractivity contribution in [1.29, 1.82) is 0 Å². The lowest BCUT2D eigenvalue weighted by atomic mass is 10.1. The molecular weight excluding hydrogens is 384 g/mol. The molecule has 3 aliphatic heterocycles. The van der Waals surface area contributed by atoms with Gasteiger partial charge < -0.3 is 29.5 Å². The van der Waals surface area contributed by atoms with E-state index in [0.717, 1.165) is 51.4 Å². The van der Waals surface area contributed by atoms with E-state index in [4.69, 9.17) is 9.47 Å². The van der Waals surface area contributed by atoms with Gasteiger partial charge in [-0.25, -0.2) is 0 Å². The van der Waals surface area contributed by atoms with E-state index in [1.54, 1.807) is 4.90 Å². The molecule has 1 aromatic rings. The van der Waals surface area contributed by atoms with Crippen molar-refractivity contribution in [3.8, 4) is 11.5 Å². The zero-order valence-corrected chi connectivity index (χ0v) is 17.8. The van der Waals surface area contributed by atoms with Crippen molar-refractivity contribution in [3.05, 3.63) is 18.2 Å². The molecule has 4 rings (SSSR count). The van der Waals surface area contributed by atoms with Gasteiger partial charge in [-0.05, 0) is 31.6 Å². The molecule has 2 fully saturated rings. The Labute approximate surface area is 178 Å². The molecule has 0 spiro atoms. The highest BCUT2D eigenvalue weighted by Crippen LogP contribution is 2.35. The molecule has 0 bridgehead atoms. The summed E-state index contributed by atoms with van der Waals surface area (Å²) in [6.07, 6.45) is 1.18. The molecule has 3 aliphatic rings. The minimum Gasteiger partial charge on any atom is -0.486 e. The zero-order chi connectivity index (χ0) is 20.9. The molecular formula is C22H32N4O4. The lowest BCUT2D eigenvalue weighted by Crippen LogP contribution is -2.46. The monoisotopic (exact) mass is 416 g/mol. The van der Waals surface area contributed by atoms with Crippen LogP contribution in [0.3, 0.4) is 0 Å². The standard InChI is InChI=1S/C22H32N4O4/c1-2-24-8-10-25(11-9-24)7-3-6-23-22(28)17-14-21(27)26(16-17)18-4-5-19-20(15-18)30-13-12-29-19/h4-5,15,17H,2-3,6-14,16H2,1H3,(H,23,28). The SMILES string of the molecule is CCN1CCN(CCCNC(=O)C2CC(=O)N(c3ccc4c(c3)OCCO4)C2)CC1. The Kier molecular flexibility index (Phi) is 6.74. The molecule has 0 radical (unpaired) electrons. The van der Waals surface area contributed by atoms with E-state index >= 15 is 0 Å². The highest BCUT2D eigenvalue weighted by molar-refractivity contribution is 6.00. The molecule has 2 amide bonds. The number of ether oxygens (including phenoxy) is 2. The highest BCUT2D eigenvalue weighted by atomic mass is 16.6. The van der Waals surface area contributed by atoms with Gasteiger partial charge in [0.15, 0.2) is 11.5 Å². The number of rotatable bonds is 7. The fourth-order valence-corrected chi connectivity index (χ4v) is 4.32. The van der Waals surface area contributed by atoms with Crippen molar-refractivity contribution in [2.24, 2.45) is 5.92 Å². The normalized spacial score (nSPS) is 22.4. The average Bonchev–Trinajstić information content (AvgIpc) is 3.18. The first-order chi connectivity index (χ1) is 14.6. The second-order valence-corrected chi connectivity index (χ2v) is 8.15. The Morgan fingerprint density at radius 3 is 2.60 bits per heavy atom. The zero-order valence-electron chi connectivity index (χ0n) is 17.8. The second-order valence-electron chi connectivity index (χ2n) is 8.15. The molecule has 1 N–H and O–H groups in total. The number of carbonyl (C=O) groups excluding carboxylic acids is 2. The summed E-state index contributed by atoms with van der Waals surface area (Å²) in [5.41, 5.74) is 0.755. The van der Waals surface area contributed by atoms with Crippen LogP contribution < -0.4 is 19.7 Å². The average molecular weight is 417 g/mol. The maximum absolute atomic E-state index is 12.6. The van der Waals surface area contributed by atoms with Gasteiger partial charge in [0, 0.05) is 57.4 Å². The maximum atomic E-state index is 12.6. The minimum absolute atomic E-state index is 0.0272. The summed E-state index contributed by atoms with van der Waals surface area (Å²) in [5, 5.41) is 3.03. The first-order valence-corrected chi connectivity index (χ1v) is 11.1. The first-order valence-electron chi connectivity index (χ1n) is 11.1. The van der Waals surface area contributed by atoms with Crippen LogP contribution in [-0.4, -0.2) is 87.2 Å². The number of hydrogen-bond donors (Lipinski definition) is 1. The third-order valence-electron chi connectivity index (χ3n) is 6.20. The van der Waals surface area contributed by atoms with Crippen LogP contribution in [0, 0.1) is 5.92 Å². The third kappa shape index (κ3) is 4.87. The summed E-state index contributed by atoms with van der Waals surface area (Å²) in [4.78, 5) is 31.7. The molecule has 0 aliphatic carbocycles. The molecule has 2 saturated heterocycles. The second kappa shape index (κ2) is 9.66. The topological polar surface area (TPSA) is 74.4 Å². The van der Waals surface area contributed by atoms with Crippen LogP contribution in [0.2, 0.25) is 0 Å². The van der Waals surface area contributed by atoms with E-state index in [-0.39, 0.29) is 24.2 Å². The third-order valence-corrected chi connectivity index (χ3v) is 6.20. The Hall–Kier alpha value is -2.32. The van der Waals surface area contributed by atoms with E-state index < -0.39 is 0 Å². The van der Waals surface area contributed by atoms with Gasteiger partial charge in [0.05, 0.1) is 5.92 Å². The van der Waals surface area contributed by atoms with Crippen LogP contribution in [0.1, 0.15) is 19.8 Å². The molecule has 30 heavy (non-hydrogen) atoms. The smallest absolute Gasteiger partial charge is 0.227 e. The summed E-state index contributed by atoms with van der Waals surface area (Å²) in [5.74, 6) is 0.986. The summed E-state index contributed by atoms with van der Waals surface area (Å²) in [6, 6.07) is 5.50. The van der Waals surface area contributed by atoms with Crippen molar-refractivity contribution in [3.63, 3.8) is 0 Å². The summed E-state index contributed by atoms with van der Waals surface area (Å²) in [6.45, 7) is 10.9. The number of hydrogen-bond acceptors (Lipinski definition) is 6. The summed E-state index contributed by atoms with van der Waals surface area (Å²) >= 11 is 0. The molecule has 8 nitrogen and oxygen atoms in total. The van der Waals surface area contributed by atoms with Crippen molar-refractivity contribution in [1.82, 2.24) is 15.1 Å². The fourth-order valence-electron chi connectivity index (χ4n) is 4.32. The van der Waals surface area contributed by atoms with E-state index in [9.17, 15) is 9.59 Å². The van der Waals surface area contributed by atoms with Gasteiger partial charge in [-0.3, -0.25) is 9.59 Å². The van der Waals surface area contributed by atoms with Crippen LogP contribution in [-0.2, 0) is 9.59 Å². The van der Waals surface area contributed by atoms with Crippen molar-refractivity contribution in [2.45, 2.75) is 19.8 Å². The lowest BCUT2D eigenvalue weighted by Gasteiger charge is -2.34. The van der Waals surface area contributed by atoms with Crippen LogP contribution in [0.4, 0.5) is 5.69 Å². The Bertz CT molecular complexity index is 764. The van der Waals surface area contributed by atoms with Gasteiger partial charge >= 0.3 is 0 Å². The van der Waals surface area contributed by atoms with Crippen LogP contribution >= 0.6 is 0 Å². The number of piperazine rings is 1. The van der Waals surface area contributed by atoms with E-state index in [1.165, 1.54) is 0 Å². The van der Waals surface area contributed by atoms with E-state index in [0.29, 0.717) is 37.8 Å². The van der Waals surface area contributed by atoms with Crippen LogP contribution in [0.25, 0.3) is 0 Å². The Morgan fingerprint density at radius 1 is 1.10 bits per heavy atom. The van der Waals surface area contributed by atoms with Crippen LogP contribution in [0.5, 0.6) is 11.5 Å². The summed E-state index contributed by atoms with van der Waals surface area (Å²) in [7, 11) is 0. The number of likely N-dealkylation sites (N-methyl/N-ethyl adjacent to an activating group) is 1. The van der Waals surface area contributed by atoms with Crippen molar-refractivity contribution in [2.75, 3.05) is 70.5 Å².